The van der Waals surface area contributed by atoms with Crippen molar-refractivity contribution in [3.8, 4) is 6.07 Å². The highest BCUT2D eigenvalue weighted by Gasteiger charge is 2.42. The Hall–Kier alpha value is -1.71. The van der Waals surface area contributed by atoms with Crippen LogP contribution in [0.15, 0.2) is 0 Å². The van der Waals surface area contributed by atoms with Crippen molar-refractivity contribution in [1.29, 1.82) is 5.26 Å². The van der Waals surface area contributed by atoms with Gasteiger partial charge >= 0.3 is 6.18 Å². The molecule has 0 spiro atoms. The first-order valence-corrected chi connectivity index (χ1v) is 5.74. The van der Waals surface area contributed by atoms with Crippen molar-refractivity contribution in [3.63, 3.8) is 0 Å². The van der Waals surface area contributed by atoms with Gasteiger partial charge < -0.3 is 5.73 Å². The molecule has 4 nitrogen and oxygen atoms in total. The molecule has 1 saturated carbocycles. The summed E-state index contributed by atoms with van der Waals surface area (Å²) in [6, 6.07) is 1.94. The third kappa shape index (κ3) is 2.28. The van der Waals surface area contributed by atoms with Gasteiger partial charge in [-0.1, -0.05) is 0 Å². The second kappa shape index (κ2) is 4.52. The zero-order valence-corrected chi connectivity index (χ0v) is 9.59. The highest BCUT2D eigenvalue weighted by Crippen LogP contribution is 2.43. The van der Waals surface area contributed by atoms with Crippen molar-refractivity contribution in [2.24, 2.45) is 5.92 Å². The lowest BCUT2D eigenvalue weighted by Gasteiger charge is -2.29. The number of H-pyrrole nitrogens is 1. The number of nitrogens with two attached hydrogens (primary N) is 1. The summed E-state index contributed by atoms with van der Waals surface area (Å²) in [5.74, 6) is -1.15. The molecule has 2 rings (SSSR count). The van der Waals surface area contributed by atoms with Gasteiger partial charge in [0.2, 0.25) is 0 Å². The minimum absolute atomic E-state index is 0.0891. The van der Waals surface area contributed by atoms with E-state index in [1.807, 2.05) is 6.07 Å². The third-order valence-corrected chi connectivity index (χ3v) is 3.51. The predicted octanol–water partition coefficient (Wildman–Crippen LogP) is 2.70. The molecule has 1 aliphatic rings. The fourth-order valence-corrected chi connectivity index (χ4v) is 2.48. The van der Waals surface area contributed by atoms with Gasteiger partial charge in [0.25, 0.3) is 0 Å². The number of rotatable bonds is 1. The van der Waals surface area contributed by atoms with Gasteiger partial charge in [-0.15, -0.1) is 0 Å². The molecule has 1 aromatic rings. The SMILES string of the molecule is N#Cc1c(C2CCC(C(F)(F)F)CC2)n[nH]c1N. The number of nitrogen functional groups attached to an aromatic ring is 1. The first-order chi connectivity index (χ1) is 8.43. The molecule has 0 amide bonds. The maximum atomic E-state index is 12.5. The molecule has 18 heavy (non-hydrogen) atoms. The van der Waals surface area contributed by atoms with Gasteiger partial charge in [0, 0.05) is 5.92 Å². The number of aromatic amines is 1. The molecule has 0 saturated heterocycles. The number of aromatic nitrogens is 2. The summed E-state index contributed by atoms with van der Waals surface area (Å²) in [5, 5.41) is 15.4. The molecular formula is C11H13F3N4. The van der Waals surface area contributed by atoms with Crippen molar-refractivity contribution in [2.75, 3.05) is 5.73 Å². The average Bonchev–Trinajstić information content (AvgIpc) is 2.69. The van der Waals surface area contributed by atoms with Gasteiger partial charge in [0.15, 0.2) is 0 Å². The number of nitriles is 1. The molecule has 7 heteroatoms. The minimum atomic E-state index is -4.12. The summed E-state index contributed by atoms with van der Waals surface area (Å²) in [7, 11) is 0. The first-order valence-electron chi connectivity index (χ1n) is 5.74. The molecule has 3 N–H and O–H groups in total. The van der Waals surface area contributed by atoms with Crippen LogP contribution in [0.4, 0.5) is 19.0 Å². The van der Waals surface area contributed by atoms with E-state index in [9.17, 15) is 13.2 Å². The lowest BCUT2D eigenvalue weighted by atomic mass is 9.79. The molecule has 0 aromatic carbocycles. The fraction of sp³-hybridized carbons (Fsp3) is 0.636. The van der Waals surface area contributed by atoms with E-state index in [1.54, 1.807) is 0 Å². The van der Waals surface area contributed by atoms with Crippen molar-refractivity contribution >= 4 is 5.82 Å². The van der Waals surface area contributed by atoms with Crippen LogP contribution >= 0.6 is 0 Å². The summed E-state index contributed by atoms with van der Waals surface area (Å²) in [5.41, 5.74) is 6.31. The molecule has 1 fully saturated rings. The number of hydrogen-bond acceptors (Lipinski definition) is 3. The van der Waals surface area contributed by atoms with E-state index in [0.29, 0.717) is 18.5 Å². The average molecular weight is 258 g/mol. The maximum absolute atomic E-state index is 12.5. The Morgan fingerprint density at radius 1 is 1.28 bits per heavy atom. The van der Waals surface area contributed by atoms with Crippen molar-refractivity contribution in [1.82, 2.24) is 10.2 Å². The molecule has 0 atom stereocenters. The predicted molar refractivity (Wildman–Crippen MR) is 58.5 cm³/mol. The molecule has 0 unspecified atom stereocenters. The van der Waals surface area contributed by atoms with Gasteiger partial charge in [-0.2, -0.15) is 23.5 Å². The number of alkyl halides is 3. The van der Waals surface area contributed by atoms with E-state index in [2.05, 4.69) is 10.2 Å². The molecule has 0 aliphatic heterocycles. The smallest absolute Gasteiger partial charge is 0.383 e. The van der Waals surface area contributed by atoms with Gasteiger partial charge in [0.05, 0.1) is 11.6 Å². The van der Waals surface area contributed by atoms with Crippen LogP contribution in [0.3, 0.4) is 0 Å². The van der Waals surface area contributed by atoms with Crippen LogP contribution < -0.4 is 5.73 Å². The van der Waals surface area contributed by atoms with Crippen LogP contribution in [0.5, 0.6) is 0 Å². The highest BCUT2D eigenvalue weighted by molar-refractivity contribution is 5.51. The maximum Gasteiger partial charge on any atom is 0.391 e. The van der Waals surface area contributed by atoms with E-state index in [1.165, 1.54) is 0 Å². The van der Waals surface area contributed by atoms with Crippen LogP contribution in [0.1, 0.15) is 42.9 Å². The van der Waals surface area contributed by atoms with Crippen LogP contribution in [0, 0.1) is 17.2 Å². The number of nitrogens with zero attached hydrogens (tertiary/aromatic N) is 2. The molecular weight excluding hydrogens is 245 g/mol. The summed E-state index contributed by atoms with van der Waals surface area (Å²) in [6.45, 7) is 0. The zero-order valence-electron chi connectivity index (χ0n) is 9.59. The van der Waals surface area contributed by atoms with Crippen LogP contribution in [-0.4, -0.2) is 16.4 Å². The molecule has 1 aliphatic carbocycles. The molecule has 98 valence electrons. The lowest BCUT2D eigenvalue weighted by molar-refractivity contribution is -0.182. The standard InChI is InChI=1S/C11H13F3N4/c12-11(13,14)7-3-1-6(2-4-7)9-8(5-15)10(16)18-17-9/h6-7H,1-4H2,(H3,16,17,18). The van der Waals surface area contributed by atoms with E-state index in [0.717, 1.165) is 0 Å². The van der Waals surface area contributed by atoms with Gasteiger partial charge in [-0.3, -0.25) is 5.10 Å². The summed E-state index contributed by atoms with van der Waals surface area (Å²) < 4.78 is 37.6. The van der Waals surface area contributed by atoms with E-state index in [-0.39, 0.29) is 30.1 Å². The van der Waals surface area contributed by atoms with E-state index in [4.69, 9.17) is 11.0 Å². The van der Waals surface area contributed by atoms with E-state index >= 15 is 0 Å². The Morgan fingerprint density at radius 2 is 1.89 bits per heavy atom. The quantitative estimate of drug-likeness (QED) is 0.812. The number of halogens is 3. The van der Waals surface area contributed by atoms with Crippen molar-refractivity contribution in [3.05, 3.63) is 11.3 Å². The number of anilines is 1. The van der Waals surface area contributed by atoms with Gasteiger partial charge in [-0.05, 0) is 25.7 Å². The van der Waals surface area contributed by atoms with Gasteiger partial charge in [0.1, 0.15) is 17.5 Å². The Morgan fingerprint density at radius 3 is 2.39 bits per heavy atom. The van der Waals surface area contributed by atoms with Crippen LogP contribution in [-0.2, 0) is 0 Å². The third-order valence-electron chi connectivity index (χ3n) is 3.51. The molecule has 0 radical (unpaired) electrons. The summed E-state index contributed by atoms with van der Waals surface area (Å²) in [4.78, 5) is 0. The second-order valence-electron chi connectivity index (χ2n) is 4.60. The topological polar surface area (TPSA) is 78.5 Å². The highest BCUT2D eigenvalue weighted by atomic mass is 19.4. The van der Waals surface area contributed by atoms with Crippen molar-refractivity contribution < 1.29 is 13.2 Å². The molecule has 1 aromatic heterocycles. The van der Waals surface area contributed by atoms with Crippen LogP contribution in [0.2, 0.25) is 0 Å². The summed E-state index contributed by atoms with van der Waals surface area (Å²) in [6.07, 6.45) is -3.16. The summed E-state index contributed by atoms with van der Waals surface area (Å²) >= 11 is 0. The zero-order chi connectivity index (χ0) is 13.3. The first kappa shape index (κ1) is 12.7. The lowest BCUT2D eigenvalue weighted by Crippen LogP contribution is -2.27. The Kier molecular flexibility index (Phi) is 3.20. The normalized spacial score (nSPS) is 24.8. The Labute approximate surface area is 102 Å². The molecule has 0 bridgehead atoms. The second-order valence-corrected chi connectivity index (χ2v) is 4.60. The monoisotopic (exact) mass is 258 g/mol. The Bertz CT molecular complexity index is 464. The van der Waals surface area contributed by atoms with Gasteiger partial charge in [-0.25, -0.2) is 0 Å². The molecule has 1 heterocycles. The number of hydrogen-bond donors (Lipinski definition) is 2. The minimum Gasteiger partial charge on any atom is -0.383 e. The largest absolute Gasteiger partial charge is 0.391 e. The Balaban J connectivity index is 2.09. The fourth-order valence-electron chi connectivity index (χ4n) is 2.48. The number of nitrogens with one attached hydrogen (secondary N) is 1. The van der Waals surface area contributed by atoms with Crippen LogP contribution in [0.25, 0.3) is 0 Å². The van der Waals surface area contributed by atoms with E-state index < -0.39 is 12.1 Å². The van der Waals surface area contributed by atoms with Crippen molar-refractivity contribution in [2.45, 2.75) is 37.8 Å².